The van der Waals surface area contributed by atoms with Crippen molar-refractivity contribution in [3.05, 3.63) is 48.3 Å². The molecule has 0 saturated carbocycles. The first-order valence-corrected chi connectivity index (χ1v) is 8.52. The van der Waals surface area contributed by atoms with Crippen molar-refractivity contribution in [2.75, 3.05) is 10.6 Å². The lowest BCUT2D eigenvalue weighted by Gasteiger charge is -2.22. The fourth-order valence-corrected chi connectivity index (χ4v) is 2.13. The number of carbonyl (C=O) groups is 2. The lowest BCUT2D eigenvalue weighted by atomic mass is 10.2. The quantitative estimate of drug-likeness (QED) is 0.670. The Morgan fingerprint density at radius 2 is 1.82 bits per heavy atom. The van der Waals surface area contributed by atoms with Crippen molar-refractivity contribution in [1.82, 2.24) is 10.3 Å². The highest BCUT2D eigenvalue weighted by atomic mass is 19.1. The van der Waals surface area contributed by atoms with Crippen LogP contribution >= 0.6 is 0 Å². The molecule has 0 fully saturated rings. The first kappa shape index (κ1) is 21.1. The van der Waals surface area contributed by atoms with Gasteiger partial charge in [-0.2, -0.15) is 4.39 Å². The number of rotatable bonds is 5. The van der Waals surface area contributed by atoms with Gasteiger partial charge in [0.2, 0.25) is 11.9 Å². The highest BCUT2D eigenvalue weighted by Crippen LogP contribution is 2.26. The van der Waals surface area contributed by atoms with Crippen LogP contribution in [0.2, 0.25) is 0 Å². The molecule has 1 atom stereocenters. The van der Waals surface area contributed by atoms with Gasteiger partial charge < -0.3 is 20.7 Å². The summed E-state index contributed by atoms with van der Waals surface area (Å²) < 4.78 is 31.7. The van der Waals surface area contributed by atoms with Gasteiger partial charge in [0.05, 0.1) is 23.3 Å². The van der Waals surface area contributed by atoms with E-state index in [1.165, 1.54) is 37.4 Å². The lowest BCUT2D eigenvalue weighted by molar-refractivity contribution is -0.117. The number of halogens is 2. The Hall–Kier alpha value is -3.23. The first-order valence-electron chi connectivity index (χ1n) is 8.52. The number of nitrogens with zero attached hydrogens (tertiary/aromatic N) is 1. The molecule has 2 aromatic rings. The van der Waals surface area contributed by atoms with Crippen LogP contribution in [0.25, 0.3) is 0 Å². The Labute approximate surface area is 161 Å². The predicted octanol–water partition coefficient (Wildman–Crippen LogP) is 3.96. The normalized spacial score (nSPS) is 12.1. The molecule has 1 aromatic carbocycles. The van der Waals surface area contributed by atoms with Crippen LogP contribution in [-0.4, -0.2) is 28.6 Å². The van der Waals surface area contributed by atoms with Crippen LogP contribution in [0.4, 0.5) is 30.6 Å². The first-order chi connectivity index (χ1) is 13.0. The Balaban J connectivity index is 2.09. The van der Waals surface area contributed by atoms with Crippen molar-refractivity contribution < 1.29 is 23.1 Å². The molecule has 0 aliphatic carbocycles. The Kier molecular flexibility index (Phi) is 6.50. The lowest BCUT2D eigenvalue weighted by Crippen LogP contribution is -2.44. The van der Waals surface area contributed by atoms with Crippen LogP contribution in [0.5, 0.6) is 0 Å². The predicted molar refractivity (Wildman–Crippen MR) is 101 cm³/mol. The molecule has 0 radical (unpaired) electrons. The molecule has 28 heavy (non-hydrogen) atoms. The van der Waals surface area contributed by atoms with Crippen LogP contribution in [0.15, 0.2) is 36.5 Å². The number of amides is 2. The maximum Gasteiger partial charge on any atom is 0.408 e. The number of hydrogen-bond donors (Lipinski definition) is 3. The molecule has 0 aliphatic rings. The molecule has 0 spiro atoms. The summed E-state index contributed by atoms with van der Waals surface area (Å²) in [5, 5.41) is 7.89. The van der Waals surface area contributed by atoms with Gasteiger partial charge in [-0.15, -0.1) is 0 Å². The maximum atomic E-state index is 13.6. The number of nitrogens with one attached hydrogen (secondary N) is 3. The highest BCUT2D eigenvalue weighted by molar-refractivity contribution is 5.99. The fourth-order valence-electron chi connectivity index (χ4n) is 2.13. The summed E-state index contributed by atoms with van der Waals surface area (Å²) in [4.78, 5) is 27.7. The summed E-state index contributed by atoms with van der Waals surface area (Å²) in [5.74, 6) is -1.71. The molecule has 7 nitrogen and oxygen atoms in total. The van der Waals surface area contributed by atoms with Crippen LogP contribution in [0, 0.1) is 11.8 Å². The topological polar surface area (TPSA) is 92.3 Å². The molecule has 0 bridgehead atoms. The molecule has 1 aromatic heterocycles. The van der Waals surface area contributed by atoms with Crippen LogP contribution < -0.4 is 16.0 Å². The van der Waals surface area contributed by atoms with E-state index in [1.54, 1.807) is 20.8 Å². The van der Waals surface area contributed by atoms with Gasteiger partial charge in [0.25, 0.3) is 0 Å². The van der Waals surface area contributed by atoms with Crippen molar-refractivity contribution in [3.8, 4) is 0 Å². The molecule has 2 rings (SSSR count). The zero-order valence-electron chi connectivity index (χ0n) is 16.0. The molecule has 3 N–H and O–H groups in total. The van der Waals surface area contributed by atoms with Gasteiger partial charge >= 0.3 is 6.09 Å². The fraction of sp³-hybridized carbons (Fsp3) is 0.316. The summed E-state index contributed by atoms with van der Waals surface area (Å²) in [6.07, 6.45) is 0.503. The van der Waals surface area contributed by atoms with Crippen molar-refractivity contribution in [1.29, 1.82) is 0 Å². The Morgan fingerprint density at radius 3 is 2.43 bits per heavy atom. The van der Waals surface area contributed by atoms with E-state index in [9.17, 15) is 18.4 Å². The van der Waals surface area contributed by atoms with Gasteiger partial charge in [-0.25, -0.2) is 14.2 Å². The van der Waals surface area contributed by atoms with E-state index >= 15 is 0 Å². The standard InChI is InChI=1S/C19H22F2N4O3/c1-11(23-18(27)28-19(2,3)4)17(26)25-14-7-5-12(20)9-15(14)24-13-6-8-16(21)22-10-13/h5-11,24H,1-4H3,(H,23,27)(H,25,26). The van der Waals surface area contributed by atoms with Crippen molar-refractivity contribution >= 4 is 29.1 Å². The minimum absolute atomic E-state index is 0.242. The van der Waals surface area contributed by atoms with Crippen molar-refractivity contribution in [3.63, 3.8) is 0 Å². The number of aromatic nitrogens is 1. The van der Waals surface area contributed by atoms with Gasteiger partial charge in [-0.3, -0.25) is 4.79 Å². The SMILES string of the molecule is CC(NC(=O)OC(C)(C)C)C(=O)Nc1ccc(F)cc1Nc1ccc(F)nc1. The third-order valence-electron chi connectivity index (χ3n) is 3.37. The maximum absolute atomic E-state index is 13.6. The van der Waals surface area contributed by atoms with E-state index < -0.39 is 35.4 Å². The van der Waals surface area contributed by atoms with Crippen LogP contribution in [0.3, 0.4) is 0 Å². The second-order valence-corrected chi connectivity index (χ2v) is 7.04. The molecule has 0 aliphatic heterocycles. The molecular formula is C19H22F2N4O3. The van der Waals surface area contributed by atoms with E-state index in [-0.39, 0.29) is 11.4 Å². The Bertz CT molecular complexity index is 851. The number of hydrogen-bond acceptors (Lipinski definition) is 5. The van der Waals surface area contributed by atoms with E-state index in [1.807, 2.05) is 0 Å². The molecule has 150 valence electrons. The average molecular weight is 392 g/mol. The smallest absolute Gasteiger partial charge is 0.408 e. The van der Waals surface area contributed by atoms with Crippen LogP contribution in [-0.2, 0) is 9.53 Å². The van der Waals surface area contributed by atoms with Gasteiger partial charge in [-0.05, 0) is 58.0 Å². The average Bonchev–Trinajstić information content (AvgIpc) is 2.57. The third-order valence-corrected chi connectivity index (χ3v) is 3.37. The summed E-state index contributed by atoms with van der Waals surface area (Å²) >= 11 is 0. The number of pyridine rings is 1. The van der Waals surface area contributed by atoms with Gasteiger partial charge in [-0.1, -0.05) is 0 Å². The minimum Gasteiger partial charge on any atom is -0.444 e. The van der Waals surface area contributed by atoms with E-state index in [0.717, 1.165) is 6.07 Å². The molecule has 9 heteroatoms. The van der Waals surface area contributed by atoms with E-state index in [4.69, 9.17) is 4.74 Å². The van der Waals surface area contributed by atoms with Gasteiger partial charge in [0.15, 0.2) is 0 Å². The third kappa shape index (κ3) is 6.49. The highest BCUT2D eigenvalue weighted by Gasteiger charge is 2.21. The van der Waals surface area contributed by atoms with Gasteiger partial charge in [0, 0.05) is 0 Å². The summed E-state index contributed by atoms with van der Waals surface area (Å²) in [7, 11) is 0. The zero-order chi connectivity index (χ0) is 20.9. The summed E-state index contributed by atoms with van der Waals surface area (Å²) in [6, 6.07) is 5.38. The molecular weight excluding hydrogens is 370 g/mol. The molecule has 1 heterocycles. The second-order valence-electron chi connectivity index (χ2n) is 7.04. The van der Waals surface area contributed by atoms with Crippen LogP contribution in [0.1, 0.15) is 27.7 Å². The second kappa shape index (κ2) is 8.64. The summed E-state index contributed by atoms with van der Waals surface area (Å²) in [5.41, 5.74) is 0.222. The molecule has 0 saturated heterocycles. The number of alkyl carbamates (subject to hydrolysis) is 1. The summed E-state index contributed by atoms with van der Waals surface area (Å²) in [6.45, 7) is 6.61. The zero-order valence-corrected chi connectivity index (χ0v) is 16.0. The Morgan fingerprint density at radius 1 is 1.11 bits per heavy atom. The van der Waals surface area contributed by atoms with Crippen molar-refractivity contribution in [2.45, 2.75) is 39.3 Å². The van der Waals surface area contributed by atoms with E-state index in [0.29, 0.717) is 5.69 Å². The number of ether oxygens (including phenoxy) is 1. The van der Waals surface area contributed by atoms with E-state index in [2.05, 4.69) is 20.9 Å². The number of carbonyl (C=O) groups excluding carboxylic acids is 2. The molecule has 2 amide bonds. The number of anilines is 3. The molecule has 1 unspecified atom stereocenters. The van der Waals surface area contributed by atoms with Crippen molar-refractivity contribution in [2.24, 2.45) is 0 Å². The minimum atomic E-state index is -0.903. The van der Waals surface area contributed by atoms with Gasteiger partial charge in [0.1, 0.15) is 17.5 Å². The number of benzene rings is 1. The largest absolute Gasteiger partial charge is 0.444 e. The monoisotopic (exact) mass is 392 g/mol.